The molecule has 4 rings (SSSR count). The number of hydrogen-bond donors (Lipinski definition) is 0. The highest BCUT2D eigenvalue weighted by molar-refractivity contribution is 9.10. The molecule has 1 aliphatic carbocycles. The summed E-state index contributed by atoms with van der Waals surface area (Å²) in [5, 5.41) is 1.01. The molecule has 2 aromatic carbocycles. The van der Waals surface area contributed by atoms with Crippen molar-refractivity contribution in [2.24, 2.45) is 0 Å². The van der Waals surface area contributed by atoms with Gasteiger partial charge in [-0.3, -0.25) is 14.6 Å². The second-order valence-corrected chi connectivity index (χ2v) is 6.70. The van der Waals surface area contributed by atoms with Gasteiger partial charge in [-0.15, -0.1) is 0 Å². The number of hydrogen-bond acceptors (Lipinski definition) is 3. The van der Waals surface area contributed by atoms with Gasteiger partial charge in [-0.25, -0.2) is 0 Å². The summed E-state index contributed by atoms with van der Waals surface area (Å²) in [6, 6.07) is 14.8. The minimum atomic E-state index is -0.829. The predicted molar refractivity (Wildman–Crippen MR) is 92.0 cm³/mol. The zero-order valence-electron chi connectivity index (χ0n) is 12.3. The molecule has 3 nitrogen and oxygen atoms in total. The van der Waals surface area contributed by atoms with Gasteiger partial charge in [-0.2, -0.15) is 0 Å². The van der Waals surface area contributed by atoms with Crippen LogP contribution in [0.4, 0.5) is 0 Å². The molecule has 1 aromatic heterocycles. The largest absolute Gasteiger partial charge is 0.293 e. The van der Waals surface area contributed by atoms with Crippen molar-refractivity contribution in [1.82, 2.24) is 4.98 Å². The normalized spacial score (nSPS) is 16.9. The average Bonchev–Trinajstić information content (AvgIpc) is 2.78. The Labute approximate surface area is 141 Å². The van der Waals surface area contributed by atoms with Gasteiger partial charge >= 0.3 is 0 Å². The number of fused-ring (bicyclic) bond motifs is 2. The third kappa shape index (κ3) is 2.21. The number of halogens is 1. The van der Waals surface area contributed by atoms with E-state index >= 15 is 0 Å². The molecule has 1 atom stereocenters. The number of nitrogens with zero attached hydrogens (tertiary/aromatic N) is 1. The molecular formula is C19H12BrNO2. The fourth-order valence-corrected chi connectivity index (χ4v) is 3.42. The van der Waals surface area contributed by atoms with Crippen molar-refractivity contribution in [3.63, 3.8) is 0 Å². The molecule has 0 saturated heterocycles. The van der Waals surface area contributed by atoms with Crippen molar-refractivity contribution in [3.05, 3.63) is 75.4 Å². The summed E-state index contributed by atoms with van der Waals surface area (Å²) >= 11 is 3.35. The van der Waals surface area contributed by atoms with Gasteiger partial charge in [0.05, 0.1) is 11.2 Å². The van der Waals surface area contributed by atoms with Crippen LogP contribution in [0.1, 0.15) is 37.9 Å². The molecule has 1 aliphatic rings. The second-order valence-electron chi connectivity index (χ2n) is 5.78. The van der Waals surface area contributed by atoms with Gasteiger partial charge in [0.2, 0.25) is 0 Å². The van der Waals surface area contributed by atoms with Crippen LogP contribution in [-0.4, -0.2) is 16.6 Å². The molecule has 0 bridgehead atoms. The highest BCUT2D eigenvalue weighted by atomic mass is 79.9. The fourth-order valence-electron chi connectivity index (χ4n) is 3.06. The molecule has 0 N–H and O–H groups in total. The Morgan fingerprint density at radius 2 is 1.70 bits per heavy atom. The Hall–Kier alpha value is -2.33. The van der Waals surface area contributed by atoms with Crippen LogP contribution in [0, 0.1) is 6.92 Å². The fraction of sp³-hybridized carbons (Fsp3) is 0.105. The number of aromatic nitrogens is 1. The molecule has 112 valence electrons. The maximum absolute atomic E-state index is 12.7. The summed E-state index contributed by atoms with van der Waals surface area (Å²) in [5.74, 6) is -1.17. The van der Waals surface area contributed by atoms with E-state index in [0.717, 1.165) is 20.9 Å². The number of ketones is 2. The minimum Gasteiger partial charge on any atom is -0.293 e. The van der Waals surface area contributed by atoms with E-state index in [9.17, 15) is 9.59 Å². The summed E-state index contributed by atoms with van der Waals surface area (Å²) in [4.78, 5) is 29.9. The van der Waals surface area contributed by atoms with Gasteiger partial charge in [0.25, 0.3) is 0 Å². The Morgan fingerprint density at radius 3 is 2.52 bits per heavy atom. The highest BCUT2D eigenvalue weighted by Gasteiger charge is 2.40. The van der Waals surface area contributed by atoms with E-state index < -0.39 is 5.92 Å². The summed E-state index contributed by atoms with van der Waals surface area (Å²) in [5.41, 5.74) is 3.42. The summed E-state index contributed by atoms with van der Waals surface area (Å²) in [6.45, 7) is 2.02. The number of benzene rings is 2. The first-order chi connectivity index (χ1) is 11.0. The molecule has 23 heavy (non-hydrogen) atoms. The van der Waals surface area contributed by atoms with E-state index in [0.29, 0.717) is 16.8 Å². The first-order valence-electron chi connectivity index (χ1n) is 7.30. The topological polar surface area (TPSA) is 47.0 Å². The molecule has 1 heterocycles. The van der Waals surface area contributed by atoms with Gasteiger partial charge in [-0.1, -0.05) is 33.6 Å². The van der Waals surface area contributed by atoms with E-state index in [2.05, 4.69) is 20.9 Å². The number of Topliss-reactive ketones (excluding diaryl/α,β-unsaturated/α-hetero) is 2. The van der Waals surface area contributed by atoms with Crippen molar-refractivity contribution < 1.29 is 9.59 Å². The molecule has 3 aromatic rings. The quantitative estimate of drug-likeness (QED) is 0.597. The van der Waals surface area contributed by atoms with Crippen LogP contribution in [-0.2, 0) is 0 Å². The van der Waals surface area contributed by atoms with Crippen LogP contribution >= 0.6 is 15.9 Å². The second kappa shape index (κ2) is 5.10. The number of pyridine rings is 1. The van der Waals surface area contributed by atoms with Crippen LogP contribution in [0.3, 0.4) is 0 Å². The van der Waals surface area contributed by atoms with Gasteiger partial charge < -0.3 is 0 Å². The zero-order valence-corrected chi connectivity index (χ0v) is 13.9. The lowest BCUT2D eigenvalue weighted by molar-refractivity contribution is 0.0888. The summed E-state index contributed by atoms with van der Waals surface area (Å²) in [6.07, 6.45) is 0. The molecule has 0 fully saturated rings. The van der Waals surface area contributed by atoms with Crippen LogP contribution < -0.4 is 0 Å². The summed E-state index contributed by atoms with van der Waals surface area (Å²) < 4.78 is 0.792. The van der Waals surface area contributed by atoms with Gasteiger partial charge in [0, 0.05) is 21.0 Å². The lowest BCUT2D eigenvalue weighted by Crippen LogP contribution is -2.14. The van der Waals surface area contributed by atoms with E-state index in [1.54, 1.807) is 24.3 Å². The Kier molecular flexibility index (Phi) is 3.16. The van der Waals surface area contributed by atoms with Crippen molar-refractivity contribution >= 4 is 38.4 Å². The van der Waals surface area contributed by atoms with Gasteiger partial charge in [0.1, 0.15) is 5.92 Å². The van der Waals surface area contributed by atoms with Crippen molar-refractivity contribution in [1.29, 1.82) is 0 Å². The Bertz CT molecular complexity index is 994. The zero-order chi connectivity index (χ0) is 16.1. The minimum absolute atomic E-state index is 0.170. The number of rotatable bonds is 1. The first-order valence-corrected chi connectivity index (χ1v) is 8.09. The number of aryl methyl sites for hydroxylation is 1. The first kappa shape index (κ1) is 14.3. The lowest BCUT2D eigenvalue weighted by Gasteiger charge is -2.08. The van der Waals surface area contributed by atoms with Crippen LogP contribution in [0.15, 0.2) is 53.0 Å². The molecular weight excluding hydrogens is 354 g/mol. The lowest BCUT2D eigenvalue weighted by atomic mass is 9.98. The maximum atomic E-state index is 12.7. The average molecular weight is 366 g/mol. The van der Waals surface area contributed by atoms with Crippen LogP contribution in [0.2, 0.25) is 0 Å². The standard InChI is InChI=1S/C19H12BrNO2/c1-10-2-6-15-11(8-10)3-7-16(21-15)17-18(22)13-5-4-12(20)9-14(13)19(17)23/h2-9,17H,1H3/t17-/m1/s1. The van der Waals surface area contributed by atoms with Crippen LogP contribution in [0.5, 0.6) is 0 Å². The smallest absolute Gasteiger partial charge is 0.180 e. The predicted octanol–water partition coefficient (Wildman–Crippen LogP) is 4.47. The number of carbonyl (C=O) groups excluding carboxylic acids is 2. The molecule has 0 saturated carbocycles. The molecule has 4 heteroatoms. The highest BCUT2D eigenvalue weighted by Crippen LogP contribution is 2.35. The van der Waals surface area contributed by atoms with Crippen molar-refractivity contribution in [2.75, 3.05) is 0 Å². The molecule has 0 radical (unpaired) electrons. The molecule has 0 aliphatic heterocycles. The van der Waals surface area contributed by atoms with Crippen molar-refractivity contribution in [3.8, 4) is 0 Å². The molecule has 0 spiro atoms. The van der Waals surface area contributed by atoms with E-state index in [4.69, 9.17) is 0 Å². The molecule has 0 amide bonds. The van der Waals surface area contributed by atoms with Gasteiger partial charge in [0.15, 0.2) is 11.6 Å². The van der Waals surface area contributed by atoms with E-state index in [1.807, 2.05) is 31.2 Å². The maximum Gasteiger partial charge on any atom is 0.180 e. The van der Waals surface area contributed by atoms with Crippen LogP contribution in [0.25, 0.3) is 10.9 Å². The van der Waals surface area contributed by atoms with Gasteiger partial charge in [-0.05, 0) is 43.3 Å². The van der Waals surface area contributed by atoms with Crippen molar-refractivity contribution in [2.45, 2.75) is 12.8 Å². The monoisotopic (exact) mass is 365 g/mol. The number of carbonyl (C=O) groups is 2. The Balaban J connectivity index is 1.84. The SMILES string of the molecule is Cc1ccc2nc([C@@H]3C(=O)c4ccc(Br)cc4C3=O)ccc2c1. The molecule has 0 unspecified atom stereocenters. The van der Waals surface area contributed by atoms with E-state index in [1.165, 1.54) is 0 Å². The third-order valence-corrected chi connectivity index (χ3v) is 4.69. The Morgan fingerprint density at radius 1 is 0.913 bits per heavy atom. The van der Waals surface area contributed by atoms with E-state index in [-0.39, 0.29) is 11.6 Å². The summed E-state index contributed by atoms with van der Waals surface area (Å²) in [7, 11) is 0. The third-order valence-electron chi connectivity index (χ3n) is 4.20.